The van der Waals surface area contributed by atoms with Gasteiger partial charge in [-0.15, -0.1) is 0 Å². The van der Waals surface area contributed by atoms with Crippen LogP contribution in [0.3, 0.4) is 0 Å². The van der Waals surface area contributed by atoms with Crippen LogP contribution in [0.5, 0.6) is 0 Å². The highest BCUT2D eigenvalue weighted by molar-refractivity contribution is 5.98. The highest BCUT2D eigenvalue weighted by Gasteiger charge is 2.35. The van der Waals surface area contributed by atoms with Gasteiger partial charge in [-0.2, -0.15) is 13.2 Å². The molecule has 22 heavy (non-hydrogen) atoms. The minimum absolute atomic E-state index is 0.0255. The van der Waals surface area contributed by atoms with Crippen LogP contribution >= 0.6 is 0 Å². The van der Waals surface area contributed by atoms with Crippen LogP contribution in [0.25, 0.3) is 0 Å². The molecule has 1 atom stereocenters. The monoisotopic (exact) mass is 315 g/mol. The molecule has 0 spiro atoms. The van der Waals surface area contributed by atoms with Crippen LogP contribution in [0.2, 0.25) is 0 Å². The summed E-state index contributed by atoms with van der Waals surface area (Å²) in [5.41, 5.74) is 4.32. The number of benzene rings is 1. The lowest BCUT2D eigenvalue weighted by atomic mass is 9.90. The molecule has 0 bridgehead atoms. The molecule has 1 amide bonds. The largest absolute Gasteiger partial charge is 0.416 e. The molecule has 4 nitrogen and oxygen atoms in total. The maximum atomic E-state index is 12.9. The lowest BCUT2D eigenvalue weighted by Gasteiger charge is -2.33. The maximum Gasteiger partial charge on any atom is 0.416 e. The summed E-state index contributed by atoms with van der Waals surface area (Å²) in [5.74, 6) is -0.325. The van der Waals surface area contributed by atoms with Gasteiger partial charge in [-0.3, -0.25) is 4.79 Å². The van der Waals surface area contributed by atoms with Gasteiger partial charge in [0.05, 0.1) is 11.1 Å². The number of hydrogen-bond donors (Lipinski definition) is 3. The summed E-state index contributed by atoms with van der Waals surface area (Å²) in [4.78, 5) is 12.4. The van der Waals surface area contributed by atoms with Crippen molar-refractivity contribution in [2.45, 2.75) is 44.4 Å². The van der Waals surface area contributed by atoms with E-state index < -0.39 is 17.3 Å². The molecular formula is C15H20F3N3O. The maximum absolute atomic E-state index is 12.9. The fourth-order valence-corrected chi connectivity index (χ4v) is 2.56. The van der Waals surface area contributed by atoms with E-state index in [2.05, 4.69) is 10.6 Å². The van der Waals surface area contributed by atoms with Gasteiger partial charge in [-0.1, -0.05) is 0 Å². The first-order valence-corrected chi connectivity index (χ1v) is 7.22. The second-order valence-electron chi connectivity index (χ2n) is 5.79. The third-order valence-electron chi connectivity index (χ3n) is 3.93. The molecule has 1 aromatic rings. The van der Waals surface area contributed by atoms with E-state index in [1.807, 2.05) is 0 Å². The average molecular weight is 315 g/mol. The predicted molar refractivity (Wildman–Crippen MR) is 78.2 cm³/mol. The molecule has 0 aromatic heterocycles. The predicted octanol–water partition coefficient (Wildman–Crippen LogP) is 2.63. The van der Waals surface area contributed by atoms with Crippen LogP contribution in [-0.2, 0) is 17.5 Å². The van der Waals surface area contributed by atoms with Crippen LogP contribution < -0.4 is 16.4 Å². The number of carbonyl (C=O) groups is 1. The molecule has 1 unspecified atom stereocenters. The Balaban J connectivity index is 2.23. The first kappa shape index (κ1) is 16.8. The Morgan fingerprint density at radius 1 is 1.36 bits per heavy atom. The van der Waals surface area contributed by atoms with E-state index in [1.165, 1.54) is 6.07 Å². The van der Waals surface area contributed by atoms with Crippen molar-refractivity contribution in [3.8, 4) is 0 Å². The third-order valence-corrected chi connectivity index (χ3v) is 3.93. The van der Waals surface area contributed by atoms with Crippen LogP contribution in [0.1, 0.15) is 37.3 Å². The third kappa shape index (κ3) is 3.78. The van der Waals surface area contributed by atoms with Crippen LogP contribution in [-0.4, -0.2) is 18.0 Å². The fourth-order valence-electron chi connectivity index (χ4n) is 2.56. The lowest BCUT2D eigenvalue weighted by Crippen LogP contribution is -2.54. The summed E-state index contributed by atoms with van der Waals surface area (Å²) in [6.45, 7) is 2.46. The molecule has 1 aliphatic heterocycles. The van der Waals surface area contributed by atoms with Gasteiger partial charge in [0, 0.05) is 12.2 Å². The van der Waals surface area contributed by atoms with Crippen molar-refractivity contribution in [3.63, 3.8) is 0 Å². The van der Waals surface area contributed by atoms with Gasteiger partial charge in [-0.25, -0.2) is 0 Å². The van der Waals surface area contributed by atoms with Crippen molar-refractivity contribution in [1.82, 2.24) is 5.32 Å². The first-order valence-electron chi connectivity index (χ1n) is 7.22. The molecule has 7 heteroatoms. The lowest BCUT2D eigenvalue weighted by molar-refractivity contribution is -0.137. The minimum Gasteiger partial charge on any atom is -0.326 e. The Hall–Kier alpha value is -1.60. The van der Waals surface area contributed by atoms with Gasteiger partial charge >= 0.3 is 6.18 Å². The van der Waals surface area contributed by atoms with Crippen molar-refractivity contribution >= 4 is 11.6 Å². The second-order valence-corrected chi connectivity index (χ2v) is 5.79. The van der Waals surface area contributed by atoms with E-state index in [1.54, 1.807) is 6.92 Å². The number of halogens is 3. The number of nitrogens with two attached hydrogens (primary N) is 1. The van der Waals surface area contributed by atoms with Gasteiger partial charge < -0.3 is 16.4 Å². The Morgan fingerprint density at radius 2 is 2.09 bits per heavy atom. The fraction of sp³-hybridized carbons (Fsp3) is 0.533. The molecule has 1 saturated heterocycles. The number of piperidine rings is 1. The Bertz CT molecular complexity index is 551. The summed E-state index contributed by atoms with van der Waals surface area (Å²) < 4.78 is 38.7. The number of rotatable bonds is 3. The molecule has 1 fully saturated rings. The Kier molecular flexibility index (Phi) is 4.77. The van der Waals surface area contributed by atoms with Crippen molar-refractivity contribution in [3.05, 3.63) is 29.3 Å². The number of hydrogen-bond acceptors (Lipinski definition) is 3. The summed E-state index contributed by atoms with van der Waals surface area (Å²) in [6, 6.07) is 3.40. The number of carbonyl (C=O) groups excluding carboxylic acids is 1. The molecule has 2 rings (SSSR count). The molecule has 1 heterocycles. The summed E-state index contributed by atoms with van der Waals surface area (Å²) in [6.07, 6.45) is -1.92. The quantitative estimate of drug-likeness (QED) is 0.803. The zero-order valence-electron chi connectivity index (χ0n) is 12.4. The Labute approximate surface area is 127 Å². The first-order chi connectivity index (χ1) is 10.2. The van der Waals surface area contributed by atoms with E-state index in [0.29, 0.717) is 12.0 Å². The van der Waals surface area contributed by atoms with Crippen molar-refractivity contribution in [2.24, 2.45) is 5.73 Å². The summed E-state index contributed by atoms with van der Waals surface area (Å²) in [5, 5.41) is 5.71. The highest BCUT2D eigenvalue weighted by Crippen LogP contribution is 2.32. The number of anilines is 1. The number of alkyl halides is 3. The average Bonchev–Trinajstić information content (AvgIpc) is 2.46. The van der Waals surface area contributed by atoms with E-state index in [0.717, 1.165) is 31.5 Å². The molecule has 1 aliphatic rings. The van der Waals surface area contributed by atoms with Gasteiger partial charge in [0.1, 0.15) is 0 Å². The van der Waals surface area contributed by atoms with Crippen molar-refractivity contribution < 1.29 is 18.0 Å². The molecule has 122 valence electrons. The smallest absolute Gasteiger partial charge is 0.326 e. The van der Waals surface area contributed by atoms with Gasteiger partial charge in [0.2, 0.25) is 5.91 Å². The van der Waals surface area contributed by atoms with E-state index in [4.69, 9.17) is 5.73 Å². The van der Waals surface area contributed by atoms with Gasteiger partial charge in [0.25, 0.3) is 0 Å². The van der Waals surface area contributed by atoms with Crippen molar-refractivity contribution in [1.29, 1.82) is 0 Å². The molecule has 0 saturated carbocycles. The van der Waals surface area contributed by atoms with Crippen LogP contribution in [0.4, 0.5) is 18.9 Å². The Morgan fingerprint density at radius 3 is 2.64 bits per heavy atom. The molecule has 0 radical (unpaired) electrons. The number of amides is 1. The summed E-state index contributed by atoms with van der Waals surface area (Å²) >= 11 is 0. The van der Waals surface area contributed by atoms with Gasteiger partial charge in [-0.05, 0) is 56.5 Å². The van der Waals surface area contributed by atoms with E-state index >= 15 is 0 Å². The normalized spacial score (nSPS) is 22.4. The van der Waals surface area contributed by atoms with Gasteiger partial charge in [0.15, 0.2) is 0 Å². The molecule has 1 aromatic carbocycles. The van der Waals surface area contributed by atoms with Crippen molar-refractivity contribution in [2.75, 3.05) is 11.9 Å². The molecule has 0 aliphatic carbocycles. The zero-order chi connectivity index (χ0) is 16.4. The highest BCUT2D eigenvalue weighted by atomic mass is 19.4. The zero-order valence-corrected chi connectivity index (χ0v) is 12.4. The SMILES string of the molecule is CC1(C(=O)Nc2cc(CN)cc(C(F)(F)F)c2)CCCCN1. The minimum atomic E-state index is -4.47. The second kappa shape index (κ2) is 6.26. The van der Waals surface area contributed by atoms with E-state index in [-0.39, 0.29) is 18.1 Å². The van der Waals surface area contributed by atoms with Crippen LogP contribution in [0, 0.1) is 0 Å². The van der Waals surface area contributed by atoms with Crippen LogP contribution in [0.15, 0.2) is 18.2 Å². The topological polar surface area (TPSA) is 67.2 Å². The molecule has 4 N–H and O–H groups in total. The summed E-state index contributed by atoms with van der Waals surface area (Å²) in [7, 11) is 0. The van der Waals surface area contributed by atoms with E-state index in [9.17, 15) is 18.0 Å². The number of nitrogens with one attached hydrogen (secondary N) is 2. The standard InChI is InChI=1S/C15H20F3N3O/c1-14(4-2-3-5-20-14)13(22)21-12-7-10(9-19)6-11(8-12)15(16,17)18/h6-8,20H,2-5,9,19H2,1H3,(H,21,22). The molecular weight excluding hydrogens is 295 g/mol.